The van der Waals surface area contributed by atoms with Crippen LogP contribution in [0.15, 0.2) is 65.2 Å². The SMILES string of the molecule is CC(CNc1noc(-c2ccccc2)n1)Oc1ccccc1. The maximum absolute atomic E-state index is 5.78. The van der Waals surface area contributed by atoms with Gasteiger partial charge in [0.15, 0.2) is 0 Å². The molecule has 0 aliphatic carbocycles. The van der Waals surface area contributed by atoms with Crippen LogP contribution in [0.3, 0.4) is 0 Å². The van der Waals surface area contributed by atoms with E-state index < -0.39 is 0 Å². The van der Waals surface area contributed by atoms with Crippen LogP contribution >= 0.6 is 0 Å². The topological polar surface area (TPSA) is 60.2 Å². The van der Waals surface area contributed by atoms with Crippen LogP contribution in [0.1, 0.15) is 6.92 Å². The van der Waals surface area contributed by atoms with E-state index in [4.69, 9.17) is 9.26 Å². The Labute approximate surface area is 128 Å². The minimum absolute atomic E-state index is 0.0129. The number of hydrogen-bond acceptors (Lipinski definition) is 5. The molecule has 1 atom stereocenters. The Morgan fingerprint density at radius 2 is 1.73 bits per heavy atom. The molecule has 0 saturated heterocycles. The third kappa shape index (κ3) is 3.63. The van der Waals surface area contributed by atoms with Crippen molar-refractivity contribution in [2.45, 2.75) is 13.0 Å². The number of aromatic nitrogens is 2. The van der Waals surface area contributed by atoms with Gasteiger partial charge in [-0.25, -0.2) is 0 Å². The summed E-state index contributed by atoms with van der Waals surface area (Å²) < 4.78 is 11.0. The van der Waals surface area contributed by atoms with Gasteiger partial charge in [0.05, 0.1) is 6.54 Å². The van der Waals surface area contributed by atoms with E-state index in [1.165, 1.54) is 0 Å². The second-order valence-electron chi connectivity index (χ2n) is 4.91. The number of ether oxygens (including phenoxy) is 1. The van der Waals surface area contributed by atoms with E-state index in [0.29, 0.717) is 18.4 Å². The molecule has 0 aliphatic rings. The first-order valence-corrected chi connectivity index (χ1v) is 7.16. The fourth-order valence-electron chi connectivity index (χ4n) is 2.00. The highest BCUT2D eigenvalue weighted by atomic mass is 16.5. The molecular formula is C17H17N3O2. The van der Waals surface area contributed by atoms with E-state index in [1.54, 1.807) is 0 Å². The maximum atomic E-state index is 5.78. The van der Waals surface area contributed by atoms with Crippen LogP contribution in [0.5, 0.6) is 5.75 Å². The lowest BCUT2D eigenvalue weighted by Gasteiger charge is -2.14. The fourth-order valence-corrected chi connectivity index (χ4v) is 2.00. The van der Waals surface area contributed by atoms with E-state index in [2.05, 4.69) is 15.5 Å². The van der Waals surface area contributed by atoms with E-state index in [1.807, 2.05) is 67.6 Å². The van der Waals surface area contributed by atoms with Gasteiger partial charge in [-0.05, 0) is 36.3 Å². The molecule has 1 unspecified atom stereocenters. The van der Waals surface area contributed by atoms with E-state index >= 15 is 0 Å². The largest absolute Gasteiger partial charge is 0.489 e. The van der Waals surface area contributed by atoms with Gasteiger partial charge in [-0.3, -0.25) is 0 Å². The van der Waals surface area contributed by atoms with Crippen molar-refractivity contribution in [1.29, 1.82) is 0 Å². The number of benzene rings is 2. The lowest BCUT2D eigenvalue weighted by molar-refractivity contribution is 0.234. The predicted octanol–water partition coefficient (Wildman–Crippen LogP) is 3.62. The van der Waals surface area contributed by atoms with Crippen LogP contribution in [0.2, 0.25) is 0 Å². The van der Waals surface area contributed by atoms with Gasteiger partial charge in [0.1, 0.15) is 11.9 Å². The lowest BCUT2D eigenvalue weighted by atomic mass is 10.2. The quantitative estimate of drug-likeness (QED) is 0.752. The summed E-state index contributed by atoms with van der Waals surface area (Å²) >= 11 is 0. The van der Waals surface area contributed by atoms with E-state index in [0.717, 1.165) is 11.3 Å². The van der Waals surface area contributed by atoms with Gasteiger partial charge in [0.25, 0.3) is 11.8 Å². The number of anilines is 1. The molecule has 2 aromatic carbocycles. The molecule has 5 nitrogen and oxygen atoms in total. The van der Waals surface area contributed by atoms with Crippen molar-refractivity contribution >= 4 is 5.95 Å². The first-order valence-electron chi connectivity index (χ1n) is 7.16. The number of para-hydroxylation sites is 1. The third-order valence-electron chi connectivity index (χ3n) is 3.07. The van der Waals surface area contributed by atoms with Gasteiger partial charge < -0.3 is 14.6 Å². The Bertz CT molecular complexity index is 698. The summed E-state index contributed by atoms with van der Waals surface area (Å²) in [7, 11) is 0. The van der Waals surface area contributed by atoms with Crippen LogP contribution in [0, 0.1) is 0 Å². The van der Waals surface area contributed by atoms with Crippen LogP contribution in [-0.2, 0) is 0 Å². The number of nitrogens with zero attached hydrogens (tertiary/aromatic N) is 2. The average molecular weight is 295 g/mol. The number of nitrogens with one attached hydrogen (secondary N) is 1. The Morgan fingerprint density at radius 1 is 1.05 bits per heavy atom. The maximum Gasteiger partial charge on any atom is 0.263 e. The molecule has 0 spiro atoms. The van der Waals surface area contributed by atoms with Crippen molar-refractivity contribution < 1.29 is 9.26 Å². The van der Waals surface area contributed by atoms with Gasteiger partial charge in [-0.1, -0.05) is 36.4 Å². The summed E-state index contributed by atoms with van der Waals surface area (Å²) in [5.74, 6) is 1.80. The van der Waals surface area contributed by atoms with Gasteiger partial charge in [0.2, 0.25) is 0 Å². The first-order chi connectivity index (χ1) is 10.8. The smallest absolute Gasteiger partial charge is 0.263 e. The molecule has 112 valence electrons. The molecule has 0 radical (unpaired) electrons. The van der Waals surface area contributed by atoms with Crippen LogP contribution < -0.4 is 10.1 Å². The minimum Gasteiger partial charge on any atom is -0.489 e. The Kier molecular flexibility index (Phi) is 4.34. The van der Waals surface area contributed by atoms with Crippen LogP contribution in [0.4, 0.5) is 5.95 Å². The zero-order valence-electron chi connectivity index (χ0n) is 12.3. The molecule has 3 rings (SSSR count). The molecule has 0 bridgehead atoms. The fraction of sp³-hybridized carbons (Fsp3) is 0.176. The number of rotatable bonds is 6. The summed E-state index contributed by atoms with van der Waals surface area (Å²) in [4.78, 5) is 4.32. The highest BCUT2D eigenvalue weighted by molar-refractivity contribution is 5.53. The second-order valence-corrected chi connectivity index (χ2v) is 4.91. The molecule has 1 aromatic heterocycles. The van der Waals surface area contributed by atoms with E-state index in [9.17, 15) is 0 Å². The van der Waals surface area contributed by atoms with Gasteiger partial charge in [0, 0.05) is 5.56 Å². The van der Waals surface area contributed by atoms with Gasteiger partial charge in [-0.15, -0.1) is 0 Å². The van der Waals surface area contributed by atoms with Crippen molar-refractivity contribution in [2.24, 2.45) is 0 Å². The van der Waals surface area contributed by atoms with E-state index in [-0.39, 0.29) is 6.10 Å². The minimum atomic E-state index is -0.0129. The van der Waals surface area contributed by atoms with Crippen LogP contribution in [0.25, 0.3) is 11.5 Å². The summed E-state index contributed by atoms with van der Waals surface area (Å²) in [6.07, 6.45) is -0.0129. The lowest BCUT2D eigenvalue weighted by Crippen LogP contribution is -2.23. The van der Waals surface area contributed by atoms with Crippen molar-refractivity contribution in [3.05, 3.63) is 60.7 Å². The Hall–Kier alpha value is -2.82. The number of hydrogen-bond donors (Lipinski definition) is 1. The molecule has 5 heteroatoms. The molecule has 0 amide bonds. The van der Waals surface area contributed by atoms with Crippen molar-refractivity contribution in [1.82, 2.24) is 10.1 Å². The zero-order valence-corrected chi connectivity index (χ0v) is 12.3. The first kappa shape index (κ1) is 14.1. The summed E-state index contributed by atoms with van der Waals surface area (Å²) in [5.41, 5.74) is 0.900. The zero-order chi connectivity index (χ0) is 15.2. The molecule has 1 N–H and O–H groups in total. The molecule has 0 aliphatic heterocycles. The highest BCUT2D eigenvalue weighted by Gasteiger charge is 2.10. The highest BCUT2D eigenvalue weighted by Crippen LogP contribution is 2.18. The Morgan fingerprint density at radius 3 is 2.45 bits per heavy atom. The molecule has 1 heterocycles. The molecular weight excluding hydrogens is 278 g/mol. The van der Waals surface area contributed by atoms with Crippen molar-refractivity contribution in [3.63, 3.8) is 0 Å². The molecule has 22 heavy (non-hydrogen) atoms. The summed E-state index contributed by atoms with van der Waals surface area (Å²) in [5, 5.41) is 7.03. The normalized spacial score (nSPS) is 11.9. The van der Waals surface area contributed by atoms with Crippen LogP contribution in [-0.4, -0.2) is 22.8 Å². The predicted molar refractivity (Wildman–Crippen MR) is 84.8 cm³/mol. The Balaban J connectivity index is 1.55. The molecule has 3 aromatic rings. The molecule has 0 saturated carbocycles. The average Bonchev–Trinajstić information content (AvgIpc) is 3.04. The second kappa shape index (κ2) is 6.76. The van der Waals surface area contributed by atoms with Gasteiger partial charge >= 0.3 is 0 Å². The standard InChI is InChI=1S/C17H17N3O2/c1-13(21-15-10-6-3-7-11-15)12-18-17-19-16(22-20-17)14-8-4-2-5-9-14/h2-11,13H,12H2,1H3,(H,18,20). The summed E-state index contributed by atoms with van der Waals surface area (Å²) in [6.45, 7) is 2.57. The third-order valence-corrected chi connectivity index (χ3v) is 3.07. The summed E-state index contributed by atoms with van der Waals surface area (Å²) in [6, 6.07) is 19.4. The van der Waals surface area contributed by atoms with Gasteiger partial charge in [-0.2, -0.15) is 4.98 Å². The monoisotopic (exact) mass is 295 g/mol. The van der Waals surface area contributed by atoms with Crippen molar-refractivity contribution in [2.75, 3.05) is 11.9 Å². The molecule has 0 fully saturated rings. The van der Waals surface area contributed by atoms with Crippen molar-refractivity contribution in [3.8, 4) is 17.2 Å².